The molecule has 0 amide bonds. The first-order valence-corrected chi connectivity index (χ1v) is 8.56. The van der Waals surface area contributed by atoms with E-state index < -0.39 is 0 Å². The molecular formula is C19H34N2. The zero-order valence-corrected chi connectivity index (χ0v) is 14.8. The van der Waals surface area contributed by atoms with E-state index in [1.807, 2.05) is 0 Å². The van der Waals surface area contributed by atoms with Crippen LogP contribution < -0.4 is 10.2 Å². The fourth-order valence-electron chi connectivity index (χ4n) is 2.83. The molecule has 0 spiro atoms. The Morgan fingerprint density at radius 3 is 1.81 bits per heavy atom. The number of nitrogens with one attached hydrogen (secondary N) is 1. The zero-order chi connectivity index (χ0) is 15.8. The maximum Gasteiger partial charge on any atom is 0.0366 e. The molecule has 1 N–H and O–H groups in total. The van der Waals surface area contributed by atoms with Gasteiger partial charge in [0, 0.05) is 24.8 Å². The second-order valence-electron chi connectivity index (χ2n) is 6.80. The van der Waals surface area contributed by atoms with Gasteiger partial charge in [-0.3, -0.25) is 0 Å². The predicted molar refractivity (Wildman–Crippen MR) is 95.0 cm³/mol. The highest BCUT2D eigenvalue weighted by atomic mass is 15.1. The smallest absolute Gasteiger partial charge is 0.0366 e. The number of hydrogen-bond donors (Lipinski definition) is 1. The maximum absolute atomic E-state index is 3.55. The lowest BCUT2D eigenvalue weighted by atomic mass is 10.0. The van der Waals surface area contributed by atoms with Crippen molar-refractivity contribution in [3.63, 3.8) is 0 Å². The van der Waals surface area contributed by atoms with Gasteiger partial charge in [0.05, 0.1) is 0 Å². The van der Waals surface area contributed by atoms with Crippen LogP contribution in [0.1, 0.15) is 59.6 Å². The molecule has 0 saturated heterocycles. The Balaban J connectivity index is 2.85. The summed E-state index contributed by atoms with van der Waals surface area (Å²) in [6, 6.07) is 9.65. The molecule has 2 nitrogen and oxygen atoms in total. The first-order chi connectivity index (χ1) is 9.97. The lowest BCUT2D eigenvalue weighted by Crippen LogP contribution is -2.31. The third-order valence-electron chi connectivity index (χ3n) is 3.69. The minimum absolute atomic E-state index is 0.479. The minimum atomic E-state index is 0.479. The molecule has 1 aromatic carbocycles. The van der Waals surface area contributed by atoms with Crippen molar-refractivity contribution in [2.45, 2.75) is 54.0 Å². The number of nitrogens with zero attached hydrogens (tertiary/aromatic N) is 1. The Kier molecular flexibility index (Phi) is 7.81. The maximum atomic E-state index is 3.55. The monoisotopic (exact) mass is 290 g/mol. The largest absolute Gasteiger partial charge is 0.371 e. The van der Waals surface area contributed by atoms with Crippen LogP contribution in [-0.4, -0.2) is 19.6 Å². The molecule has 0 bridgehead atoms. The SMILES string of the molecule is CCNC(CC)c1ccc(N(CC(C)C)CC(C)C)cc1. The van der Waals surface area contributed by atoms with Crippen LogP contribution in [0.5, 0.6) is 0 Å². The van der Waals surface area contributed by atoms with Gasteiger partial charge in [0.1, 0.15) is 0 Å². The van der Waals surface area contributed by atoms with Crippen molar-refractivity contribution < 1.29 is 0 Å². The zero-order valence-electron chi connectivity index (χ0n) is 14.8. The highest BCUT2D eigenvalue weighted by molar-refractivity contribution is 5.48. The summed E-state index contributed by atoms with van der Waals surface area (Å²) in [5.74, 6) is 1.38. The number of rotatable bonds is 9. The average Bonchev–Trinajstić information content (AvgIpc) is 2.43. The van der Waals surface area contributed by atoms with Gasteiger partial charge in [-0.1, -0.05) is 53.7 Å². The van der Waals surface area contributed by atoms with Crippen LogP contribution in [0.4, 0.5) is 5.69 Å². The molecule has 0 fully saturated rings. The van der Waals surface area contributed by atoms with Gasteiger partial charge in [-0.2, -0.15) is 0 Å². The standard InChI is InChI=1S/C19H34N2/c1-7-19(20-8-2)17-9-11-18(12-10-17)21(13-15(3)4)14-16(5)6/h9-12,15-16,19-20H,7-8,13-14H2,1-6H3. The van der Waals surface area contributed by atoms with Gasteiger partial charge < -0.3 is 10.2 Å². The Morgan fingerprint density at radius 2 is 1.43 bits per heavy atom. The van der Waals surface area contributed by atoms with Gasteiger partial charge >= 0.3 is 0 Å². The summed E-state index contributed by atoms with van der Waals surface area (Å²) in [6.07, 6.45) is 1.13. The van der Waals surface area contributed by atoms with Crippen LogP contribution in [-0.2, 0) is 0 Å². The summed E-state index contributed by atoms with van der Waals surface area (Å²) < 4.78 is 0. The highest BCUT2D eigenvalue weighted by Gasteiger charge is 2.12. The molecule has 0 saturated carbocycles. The Hall–Kier alpha value is -1.02. The van der Waals surface area contributed by atoms with E-state index in [-0.39, 0.29) is 0 Å². The Labute approximate surface area is 131 Å². The van der Waals surface area contributed by atoms with Gasteiger partial charge in [-0.05, 0) is 42.5 Å². The van der Waals surface area contributed by atoms with E-state index in [0.717, 1.165) is 26.1 Å². The molecule has 0 heterocycles. The summed E-state index contributed by atoms with van der Waals surface area (Å²) in [4.78, 5) is 2.52. The van der Waals surface area contributed by atoms with Gasteiger partial charge in [-0.15, -0.1) is 0 Å². The molecule has 1 unspecified atom stereocenters. The summed E-state index contributed by atoms with van der Waals surface area (Å²) in [6.45, 7) is 16.9. The molecule has 0 aliphatic carbocycles. The van der Waals surface area contributed by atoms with Crippen LogP contribution >= 0.6 is 0 Å². The van der Waals surface area contributed by atoms with E-state index in [1.165, 1.54) is 11.3 Å². The fraction of sp³-hybridized carbons (Fsp3) is 0.684. The molecule has 0 aliphatic rings. The molecule has 0 aliphatic heterocycles. The van der Waals surface area contributed by atoms with E-state index in [2.05, 4.69) is 76.0 Å². The number of anilines is 1. The van der Waals surface area contributed by atoms with Crippen molar-refractivity contribution in [3.8, 4) is 0 Å². The summed E-state index contributed by atoms with van der Waals surface area (Å²) >= 11 is 0. The second-order valence-corrected chi connectivity index (χ2v) is 6.80. The van der Waals surface area contributed by atoms with Crippen LogP contribution in [0, 0.1) is 11.8 Å². The molecular weight excluding hydrogens is 256 g/mol. The quantitative estimate of drug-likeness (QED) is 0.698. The third kappa shape index (κ3) is 6.09. The summed E-state index contributed by atoms with van der Waals surface area (Å²) in [5, 5.41) is 3.55. The van der Waals surface area contributed by atoms with E-state index in [1.54, 1.807) is 0 Å². The normalized spacial score (nSPS) is 13.0. The van der Waals surface area contributed by atoms with Crippen molar-refractivity contribution in [3.05, 3.63) is 29.8 Å². The van der Waals surface area contributed by atoms with Crippen molar-refractivity contribution >= 4 is 5.69 Å². The van der Waals surface area contributed by atoms with Crippen molar-refractivity contribution in [2.75, 3.05) is 24.5 Å². The predicted octanol–water partition coefficient (Wildman–Crippen LogP) is 4.87. The summed E-state index contributed by atoms with van der Waals surface area (Å²) in [7, 11) is 0. The minimum Gasteiger partial charge on any atom is -0.371 e. The van der Waals surface area contributed by atoms with Gasteiger partial charge in [0.15, 0.2) is 0 Å². The molecule has 2 heteroatoms. The van der Waals surface area contributed by atoms with Crippen LogP contribution in [0.15, 0.2) is 24.3 Å². The number of benzene rings is 1. The fourth-order valence-corrected chi connectivity index (χ4v) is 2.83. The topological polar surface area (TPSA) is 15.3 Å². The first-order valence-electron chi connectivity index (χ1n) is 8.56. The molecule has 21 heavy (non-hydrogen) atoms. The van der Waals surface area contributed by atoms with Crippen molar-refractivity contribution in [2.24, 2.45) is 11.8 Å². The lowest BCUT2D eigenvalue weighted by molar-refractivity contribution is 0.536. The summed E-state index contributed by atoms with van der Waals surface area (Å²) in [5.41, 5.74) is 2.75. The Morgan fingerprint density at radius 1 is 0.905 bits per heavy atom. The van der Waals surface area contributed by atoms with Crippen molar-refractivity contribution in [1.82, 2.24) is 5.32 Å². The Bertz CT molecular complexity index is 371. The third-order valence-corrected chi connectivity index (χ3v) is 3.69. The molecule has 1 rings (SSSR count). The molecule has 0 radical (unpaired) electrons. The van der Waals surface area contributed by atoms with E-state index in [9.17, 15) is 0 Å². The first kappa shape index (κ1) is 18.0. The second kappa shape index (κ2) is 9.09. The van der Waals surface area contributed by atoms with Crippen LogP contribution in [0.3, 0.4) is 0 Å². The van der Waals surface area contributed by atoms with E-state index in [4.69, 9.17) is 0 Å². The lowest BCUT2D eigenvalue weighted by Gasteiger charge is -2.29. The van der Waals surface area contributed by atoms with E-state index >= 15 is 0 Å². The van der Waals surface area contributed by atoms with Gasteiger partial charge in [0.2, 0.25) is 0 Å². The molecule has 1 aromatic rings. The number of hydrogen-bond acceptors (Lipinski definition) is 2. The van der Waals surface area contributed by atoms with Crippen LogP contribution in [0.25, 0.3) is 0 Å². The van der Waals surface area contributed by atoms with Gasteiger partial charge in [0.25, 0.3) is 0 Å². The molecule has 1 atom stereocenters. The average molecular weight is 290 g/mol. The highest BCUT2D eigenvalue weighted by Crippen LogP contribution is 2.22. The van der Waals surface area contributed by atoms with Crippen LogP contribution in [0.2, 0.25) is 0 Å². The van der Waals surface area contributed by atoms with Crippen molar-refractivity contribution in [1.29, 1.82) is 0 Å². The van der Waals surface area contributed by atoms with Gasteiger partial charge in [-0.25, -0.2) is 0 Å². The molecule has 0 aromatic heterocycles. The van der Waals surface area contributed by atoms with E-state index in [0.29, 0.717) is 17.9 Å². The molecule has 120 valence electrons.